The topological polar surface area (TPSA) is 84.5 Å². The largest absolute Gasteiger partial charge is 0.356 e. The van der Waals surface area contributed by atoms with Crippen molar-refractivity contribution in [3.05, 3.63) is 58.1 Å². The van der Waals surface area contributed by atoms with E-state index < -0.39 is 0 Å². The first-order valence-electron chi connectivity index (χ1n) is 9.40. The van der Waals surface area contributed by atoms with Gasteiger partial charge < -0.3 is 9.42 Å². The highest BCUT2D eigenvalue weighted by molar-refractivity contribution is 5.92. The summed E-state index contributed by atoms with van der Waals surface area (Å²) in [5.74, 6) is -0.126. The van der Waals surface area contributed by atoms with E-state index in [1.54, 1.807) is 7.05 Å². The SMILES string of the molecule is CN(Cc1noc2ccccc12)C1CCN(C(=O)c2ccc(=O)n(C)n2)CC1. The normalized spacial score (nSPS) is 15.5. The van der Waals surface area contributed by atoms with E-state index in [4.69, 9.17) is 4.52 Å². The number of rotatable bonds is 4. The van der Waals surface area contributed by atoms with Gasteiger partial charge in [0.25, 0.3) is 11.5 Å². The molecule has 0 unspecified atom stereocenters. The van der Waals surface area contributed by atoms with E-state index in [0.29, 0.717) is 31.4 Å². The Bertz CT molecular complexity index is 1050. The van der Waals surface area contributed by atoms with Crippen LogP contribution in [0, 0.1) is 0 Å². The summed E-state index contributed by atoms with van der Waals surface area (Å²) in [6, 6.07) is 11.1. The first kappa shape index (κ1) is 18.4. The number of carbonyl (C=O) groups excluding carboxylic acids is 1. The number of amides is 1. The molecule has 0 atom stereocenters. The lowest BCUT2D eigenvalue weighted by molar-refractivity contribution is 0.0630. The first-order valence-corrected chi connectivity index (χ1v) is 9.40. The lowest BCUT2D eigenvalue weighted by Crippen LogP contribution is -2.45. The van der Waals surface area contributed by atoms with Crippen molar-refractivity contribution in [3.8, 4) is 0 Å². The minimum atomic E-state index is -0.225. The number of likely N-dealkylation sites (tertiary alicyclic amines) is 1. The zero-order chi connectivity index (χ0) is 19.7. The summed E-state index contributed by atoms with van der Waals surface area (Å²) >= 11 is 0. The Morgan fingerprint density at radius 2 is 1.96 bits per heavy atom. The second kappa shape index (κ2) is 7.55. The molecule has 1 aliphatic heterocycles. The Hall–Kier alpha value is -3.00. The predicted octanol–water partition coefficient (Wildman–Crippen LogP) is 1.66. The molecule has 3 heterocycles. The molecule has 3 aromatic rings. The fourth-order valence-corrected chi connectivity index (χ4v) is 3.71. The quantitative estimate of drug-likeness (QED) is 0.683. The van der Waals surface area contributed by atoms with Crippen molar-refractivity contribution in [2.45, 2.75) is 25.4 Å². The highest BCUT2D eigenvalue weighted by Crippen LogP contribution is 2.22. The van der Waals surface area contributed by atoms with Crippen LogP contribution in [0.5, 0.6) is 0 Å². The molecular weight excluding hydrogens is 358 g/mol. The van der Waals surface area contributed by atoms with Crippen molar-refractivity contribution in [2.75, 3.05) is 20.1 Å². The van der Waals surface area contributed by atoms with Crippen molar-refractivity contribution in [2.24, 2.45) is 7.05 Å². The number of aryl methyl sites for hydroxylation is 1. The van der Waals surface area contributed by atoms with Gasteiger partial charge in [-0.15, -0.1) is 0 Å². The molecule has 8 heteroatoms. The van der Waals surface area contributed by atoms with Gasteiger partial charge in [-0.1, -0.05) is 17.3 Å². The third-order valence-corrected chi connectivity index (χ3v) is 5.41. The van der Waals surface area contributed by atoms with Crippen LogP contribution in [-0.2, 0) is 13.6 Å². The van der Waals surface area contributed by atoms with Crippen molar-refractivity contribution < 1.29 is 9.32 Å². The molecule has 0 radical (unpaired) electrons. The lowest BCUT2D eigenvalue weighted by Gasteiger charge is -2.36. The van der Waals surface area contributed by atoms with E-state index in [1.807, 2.05) is 29.2 Å². The number of hydrogen-bond acceptors (Lipinski definition) is 6. The Morgan fingerprint density at radius 3 is 2.71 bits per heavy atom. The van der Waals surface area contributed by atoms with Gasteiger partial charge in [0.1, 0.15) is 11.4 Å². The van der Waals surface area contributed by atoms with Gasteiger partial charge in [0.05, 0.1) is 0 Å². The molecule has 1 aliphatic rings. The minimum Gasteiger partial charge on any atom is -0.356 e. The summed E-state index contributed by atoms with van der Waals surface area (Å²) in [6.07, 6.45) is 1.76. The molecule has 1 amide bonds. The lowest BCUT2D eigenvalue weighted by atomic mass is 10.0. The molecule has 0 bridgehead atoms. The van der Waals surface area contributed by atoms with Gasteiger partial charge in [-0.25, -0.2) is 4.68 Å². The average Bonchev–Trinajstić information content (AvgIpc) is 3.12. The van der Waals surface area contributed by atoms with E-state index in [9.17, 15) is 9.59 Å². The maximum atomic E-state index is 12.7. The van der Waals surface area contributed by atoms with E-state index in [2.05, 4.69) is 22.2 Å². The van der Waals surface area contributed by atoms with Crippen LogP contribution in [-0.4, -0.2) is 56.8 Å². The smallest absolute Gasteiger partial charge is 0.274 e. The number of aromatic nitrogens is 3. The van der Waals surface area contributed by atoms with Crippen molar-refractivity contribution in [3.63, 3.8) is 0 Å². The van der Waals surface area contributed by atoms with Gasteiger partial charge >= 0.3 is 0 Å². The van der Waals surface area contributed by atoms with Crippen LogP contribution in [0.15, 0.2) is 45.7 Å². The average molecular weight is 381 g/mol. The summed E-state index contributed by atoms with van der Waals surface area (Å²) in [4.78, 5) is 28.2. The molecule has 1 fully saturated rings. The van der Waals surface area contributed by atoms with Gasteiger partial charge in [-0.05, 0) is 38.1 Å². The third-order valence-electron chi connectivity index (χ3n) is 5.41. The molecule has 1 saturated heterocycles. The molecule has 1 aromatic carbocycles. The molecule has 8 nitrogen and oxygen atoms in total. The van der Waals surface area contributed by atoms with Crippen molar-refractivity contribution in [1.82, 2.24) is 24.7 Å². The van der Waals surface area contributed by atoms with Gasteiger partial charge in [0, 0.05) is 44.2 Å². The highest BCUT2D eigenvalue weighted by Gasteiger charge is 2.27. The third kappa shape index (κ3) is 3.55. The standard InChI is InChI=1S/C20H23N5O3/c1-23(13-17-15-5-3-4-6-18(15)28-22-17)14-9-11-25(12-10-14)20(27)16-7-8-19(26)24(2)21-16/h3-8,14H,9-13H2,1-2H3. The summed E-state index contributed by atoms with van der Waals surface area (Å²) in [5, 5.41) is 9.32. The number of hydrogen-bond donors (Lipinski definition) is 0. The van der Waals surface area contributed by atoms with Gasteiger partial charge in [0.15, 0.2) is 5.58 Å². The fourth-order valence-electron chi connectivity index (χ4n) is 3.71. The van der Waals surface area contributed by atoms with E-state index in [0.717, 1.165) is 29.5 Å². The molecule has 0 N–H and O–H groups in total. The van der Waals surface area contributed by atoms with Gasteiger partial charge in [-0.2, -0.15) is 5.10 Å². The first-order chi connectivity index (χ1) is 13.5. The van der Waals surface area contributed by atoms with Crippen LogP contribution >= 0.6 is 0 Å². The van der Waals surface area contributed by atoms with Crippen LogP contribution in [0.3, 0.4) is 0 Å². The zero-order valence-corrected chi connectivity index (χ0v) is 16.0. The molecule has 28 heavy (non-hydrogen) atoms. The molecule has 2 aromatic heterocycles. The summed E-state index contributed by atoms with van der Waals surface area (Å²) in [5.41, 5.74) is 1.82. The van der Waals surface area contributed by atoms with Crippen LogP contribution < -0.4 is 5.56 Å². The molecule has 0 aliphatic carbocycles. The number of benzene rings is 1. The number of nitrogens with zero attached hydrogens (tertiary/aromatic N) is 5. The Balaban J connectivity index is 1.37. The van der Waals surface area contributed by atoms with Gasteiger partial charge in [0.2, 0.25) is 0 Å². The van der Waals surface area contributed by atoms with Crippen LogP contribution in [0.25, 0.3) is 11.0 Å². The van der Waals surface area contributed by atoms with Crippen LogP contribution in [0.2, 0.25) is 0 Å². The number of para-hydroxylation sites is 1. The molecule has 0 spiro atoms. The van der Waals surface area contributed by atoms with Crippen LogP contribution in [0.1, 0.15) is 29.0 Å². The molecular formula is C20H23N5O3. The summed E-state index contributed by atoms with van der Waals surface area (Å²) in [6.45, 7) is 2.04. The Kier molecular flexibility index (Phi) is 4.95. The number of piperidine rings is 1. The maximum Gasteiger partial charge on any atom is 0.274 e. The van der Waals surface area contributed by atoms with Crippen LogP contribution in [0.4, 0.5) is 0 Å². The zero-order valence-electron chi connectivity index (χ0n) is 16.0. The number of fused-ring (bicyclic) bond motifs is 1. The maximum absolute atomic E-state index is 12.7. The second-order valence-electron chi connectivity index (χ2n) is 7.24. The van der Waals surface area contributed by atoms with E-state index in [-0.39, 0.29) is 11.5 Å². The summed E-state index contributed by atoms with van der Waals surface area (Å²) < 4.78 is 6.58. The summed E-state index contributed by atoms with van der Waals surface area (Å²) in [7, 11) is 3.63. The van der Waals surface area contributed by atoms with Crippen molar-refractivity contribution in [1.29, 1.82) is 0 Å². The molecule has 4 rings (SSSR count). The van der Waals surface area contributed by atoms with E-state index in [1.165, 1.54) is 16.8 Å². The number of carbonyl (C=O) groups is 1. The fraction of sp³-hybridized carbons (Fsp3) is 0.400. The Morgan fingerprint density at radius 1 is 1.21 bits per heavy atom. The second-order valence-corrected chi connectivity index (χ2v) is 7.24. The highest BCUT2D eigenvalue weighted by atomic mass is 16.5. The predicted molar refractivity (Wildman–Crippen MR) is 104 cm³/mol. The van der Waals surface area contributed by atoms with Crippen molar-refractivity contribution >= 4 is 16.9 Å². The molecule has 0 saturated carbocycles. The minimum absolute atomic E-state index is 0.126. The molecule has 146 valence electrons. The monoisotopic (exact) mass is 381 g/mol. The Labute approximate surface area is 162 Å². The van der Waals surface area contributed by atoms with Gasteiger partial charge in [-0.3, -0.25) is 14.5 Å². The van der Waals surface area contributed by atoms with E-state index >= 15 is 0 Å².